The molecule has 15 heavy (non-hydrogen) atoms. The summed E-state index contributed by atoms with van der Waals surface area (Å²) in [5.74, 6) is 4.45. The minimum absolute atomic E-state index is 0.150. The summed E-state index contributed by atoms with van der Waals surface area (Å²) in [6.07, 6.45) is 0.228. The van der Waals surface area contributed by atoms with Crippen LogP contribution in [0.25, 0.3) is 0 Å². The van der Waals surface area contributed by atoms with Crippen LogP contribution in [0.1, 0.15) is 27.2 Å². The van der Waals surface area contributed by atoms with E-state index in [1.807, 2.05) is 13.8 Å². The molecular formula is C11H18O4. The van der Waals surface area contributed by atoms with Crippen molar-refractivity contribution in [1.82, 2.24) is 0 Å². The largest absolute Gasteiger partial charge is 0.384 e. The van der Waals surface area contributed by atoms with E-state index in [1.54, 1.807) is 6.92 Å². The van der Waals surface area contributed by atoms with Crippen molar-refractivity contribution in [3.8, 4) is 11.8 Å². The van der Waals surface area contributed by atoms with Gasteiger partial charge in [0.15, 0.2) is 5.79 Å². The Kier molecular flexibility index (Phi) is 3.74. The summed E-state index contributed by atoms with van der Waals surface area (Å²) in [5.41, 5.74) is -1.14. The second-order valence-corrected chi connectivity index (χ2v) is 4.39. The molecule has 1 fully saturated rings. The van der Waals surface area contributed by atoms with Gasteiger partial charge in [0.1, 0.15) is 12.2 Å². The fraction of sp³-hybridized carbons (Fsp3) is 0.818. The first kappa shape index (κ1) is 12.5. The number of hydrogen-bond acceptors (Lipinski definition) is 4. The van der Waals surface area contributed by atoms with Crippen molar-refractivity contribution in [2.45, 2.75) is 44.7 Å². The average molecular weight is 214 g/mol. The Hall–Kier alpha value is -0.600. The minimum Gasteiger partial charge on any atom is -0.384 e. The van der Waals surface area contributed by atoms with Gasteiger partial charge in [0, 0.05) is 6.42 Å². The maximum atomic E-state index is 9.86. The summed E-state index contributed by atoms with van der Waals surface area (Å²) in [6, 6.07) is 0. The minimum atomic E-state index is -1.14. The first-order chi connectivity index (χ1) is 6.85. The van der Waals surface area contributed by atoms with Crippen molar-refractivity contribution in [1.29, 1.82) is 0 Å². The summed E-state index contributed by atoms with van der Waals surface area (Å²) in [7, 11) is 0. The molecule has 1 saturated heterocycles. The highest BCUT2D eigenvalue weighted by atomic mass is 16.7. The van der Waals surface area contributed by atoms with Gasteiger partial charge in [-0.25, -0.2) is 0 Å². The van der Waals surface area contributed by atoms with Gasteiger partial charge in [-0.2, -0.15) is 0 Å². The van der Waals surface area contributed by atoms with Gasteiger partial charge in [-0.15, -0.1) is 0 Å². The molecule has 4 heteroatoms. The van der Waals surface area contributed by atoms with Crippen LogP contribution in [0.15, 0.2) is 0 Å². The van der Waals surface area contributed by atoms with Crippen LogP contribution in [-0.4, -0.2) is 40.9 Å². The van der Waals surface area contributed by atoms with Gasteiger partial charge in [-0.05, 0) is 20.8 Å². The second kappa shape index (κ2) is 4.50. The van der Waals surface area contributed by atoms with E-state index in [9.17, 15) is 5.11 Å². The smallest absolute Gasteiger partial charge is 0.163 e. The van der Waals surface area contributed by atoms with Gasteiger partial charge in [0.2, 0.25) is 0 Å². The zero-order valence-corrected chi connectivity index (χ0v) is 9.41. The molecule has 0 aromatic rings. The Morgan fingerprint density at radius 1 is 1.53 bits per heavy atom. The molecule has 1 heterocycles. The number of rotatable bonds is 2. The van der Waals surface area contributed by atoms with Crippen LogP contribution in [0, 0.1) is 11.8 Å². The Bertz CT molecular complexity index is 272. The van der Waals surface area contributed by atoms with Crippen LogP contribution in [0.2, 0.25) is 0 Å². The third kappa shape index (κ3) is 4.18. The third-order valence-corrected chi connectivity index (χ3v) is 2.13. The maximum absolute atomic E-state index is 9.86. The van der Waals surface area contributed by atoms with E-state index in [1.165, 1.54) is 0 Å². The van der Waals surface area contributed by atoms with E-state index < -0.39 is 11.4 Å². The SMILES string of the molecule is CC1(C)OC[C@H](C[C@@](C)(O)C#CCO)O1. The van der Waals surface area contributed by atoms with Crippen LogP contribution < -0.4 is 0 Å². The second-order valence-electron chi connectivity index (χ2n) is 4.39. The lowest BCUT2D eigenvalue weighted by atomic mass is 9.99. The molecule has 86 valence electrons. The standard InChI is InChI=1S/C11H18O4/c1-10(2)14-8-9(15-10)7-11(3,13)5-4-6-12/h9,12-13H,6-8H2,1-3H3/t9-,11-/m0/s1. The quantitative estimate of drug-likeness (QED) is 0.648. The van der Waals surface area contributed by atoms with Crippen LogP contribution in [0.5, 0.6) is 0 Å². The van der Waals surface area contributed by atoms with Gasteiger partial charge >= 0.3 is 0 Å². The summed E-state index contributed by atoms with van der Waals surface area (Å²) in [4.78, 5) is 0. The molecule has 0 spiro atoms. The molecule has 1 aliphatic heterocycles. The van der Waals surface area contributed by atoms with Crippen LogP contribution in [0.4, 0.5) is 0 Å². The van der Waals surface area contributed by atoms with Gasteiger partial charge in [0.25, 0.3) is 0 Å². The molecule has 2 atom stereocenters. The predicted octanol–water partition coefficient (Wildman–Crippen LogP) is 0.275. The predicted molar refractivity (Wildman–Crippen MR) is 55.0 cm³/mol. The van der Waals surface area contributed by atoms with E-state index in [0.717, 1.165) is 0 Å². The van der Waals surface area contributed by atoms with Crippen molar-refractivity contribution < 1.29 is 19.7 Å². The van der Waals surface area contributed by atoms with Gasteiger partial charge in [-0.3, -0.25) is 0 Å². The molecule has 4 nitrogen and oxygen atoms in total. The van der Waals surface area contributed by atoms with E-state index in [0.29, 0.717) is 13.0 Å². The van der Waals surface area contributed by atoms with E-state index in [4.69, 9.17) is 14.6 Å². The highest BCUT2D eigenvalue weighted by Gasteiger charge is 2.36. The number of ether oxygens (including phenoxy) is 2. The Labute approximate surface area is 90.2 Å². The van der Waals surface area contributed by atoms with Crippen LogP contribution in [-0.2, 0) is 9.47 Å². The van der Waals surface area contributed by atoms with Crippen LogP contribution in [0.3, 0.4) is 0 Å². The summed E-state index contributed by atoms with van der Waals surface area (Å²) < 4.78 is 10.9. The number of aliphatic hydroxyl groups excluding tert-OH is 1. The molecule has 1 rings (SSSR count). The van der Waals surface area contributed by atoms with E-state index in [-0.39, 0.29) is 12.7 Å². The molecule has 0 aromatic carbocycles. The fourth-order valence-electron chi connectivity index (χ4n) is 1.59. The number of hydrogen-bond donors (Lipinski definition) is 2. The first-order valence-corrected chi connectivity index (χ1v) is 5.00. The molecule has 2 N–H and O–H groups in total. The highest BCUT2D eigenvalue weighted by molar-refractivity contribution is 5.12. The summed E-state index contributed by atoms with van der Waals surface area (Å²) in [5, 5.41) is 18.4. The summed E-state index contributed by atoms with van der Waals surface area (Å²) >= 11 is 0. The zero-order chi connectivity index (χ0) is 11.5. The van der Waals surface area contributed by atoms with Crippen molar-refractivity contribution in [3.05, 3.63) is 0 Å². The maximum Gasteiger partial charge on any atom is 0.163 e. The molecule has 0 unspecified atom stereocenters. The lowest BCUT2D eigenvalue weighted by Gasteiger charge is -2.21. The Morgan fingerprint density at radius 2 is 2.20 bits per heavy atom. The van der Waals surface area contributed by atoms with Crippen LogP contribution >= 0.6 is 0 Å². The molecule has 0 radical (unpaired) electrons. The monoisotopic (exact) mass is 214 g/mol. The lowest BCUT2D eigenvalue weighted by Crippen LogP contribution is -2.30. The topological polar surface area (TPSA) is 58.9 Å². The van der Waals surface area contributed by atoms with E-state index in [2.05, 4.69) is 11.8 Å². The highest BCUT2D eigenvalue weighted by Crippen LogP contribution is 2.27. The molecule has 0 amide bonds. The van der Waals surface area contributed by atoms with Gasteiger partial charge in [-0.1, -0.05) is 11.8 Å². The average Bonchev–Trinajstić information content (AvgIpc) is 2.41. The number of aliphatic hydroxyl groups is 2. The van der Waals surface area contributed by atoms with E-state index >= 15 is 0 Å². The fourth-order valence-corrected chi connectivity index (χ4v) is 1.59. The van der Waals surface area contributed by atoms with Crippen molar-refractivity contribution in [3.63, 3.8) is 0 Å². The third-order valence-electron chi connectivity index (χ3n) is 2.13. The molecule has 1 aliphatic rings. The van der Waals surface area contributed by atoms with Crippen molar-refractivity contribution in [2.75, 3.05) is 13.2 Å². The Morgan fingerprint density at radius 3 is 2.67 bits per heavy atom. The van der Waals surface area contributed by atoms with Gasteiger partial charge < -0.3 is 19.7 Å². The molecule has 0 bridgehead atoms. The molecule has 0 saturated carbocycles. The summed E-state index contributed by atoms with van der Waals surface area (Å²) in [6.45, 7) is 5.49. The van der Waals surface area contributed by atoms with Crippen molar-refractivity contribution >= 4 is 0 Å². The lowest BCUT2D eigenvalue weighted by molar-refractivity contribution is -0.142. The zero-order valence-electron chi connectivity index (χ0n) is 9.41. The van der Waals surface area contributed by atoms with Gasteiger partial charge in [0.05, 0.1) is 12.7 Å². The van der Waals surface area contributed by atoms with Crippen molar-refractivity contribution in [2.24, 2.45) is 0 Å². The first-order valence-electron chi connectivity index (χ1n) is 5.00. The molecule has 0 aliphatic carbocycles. The normalized spacial score (nSPS) is 27.9. The Balaban J connectivity index is 2.49. The molecule has 0 aromatic heterocycles. The molecular weight excluding hydrogens is 196 g/mol.